The predicted octanol–water partition coefficient (Wildman–Crippen LogP) is 2.34. The van der Waals surface area contributed by atoms with Gasteiger partial charge in [0, 0.05) is 18.7 Å². The zero-order valence-electron chi connectivity index (χ0n) is 9.61. The summed E-state index contributed by atoms with van der Waals surface area (Å²) in [6.07, 6.45) is 1.14. The van der Waals surface area contributed by atoms with Gasteiger partial charge < -0.3 is 14.6 Å². The van der Waals surface area contributed by atoms with Gasteiger partial charge in [-0.2, -0.15) is 0 Å². The Morgan fingerprint density at radius 1 is 1.53 bits per heavy atom. The van der Waals surface area contributed by atoms with Crippen molar-refractivity contribution in [1.82, 2.24) is 14.9 Å². The maximum atomic E-state index is 5.28. The molecule has 0 radical (unpaired) electrons. The Bertz CT molecular complexity index is 546. The molecule has 1 aliphatic heterocycles. The molecule has 1 atom stereocenters. The smallest absolute Gasteiger partial charge is 0.178 e. The first-order valence-electron chi connectivity index (χ1n) is 5.72. The molecule has 1 saturated heterocycles. The van der Waals surface area contributed by atoms with Crippen molar-refractivity contribution in [1.29, 1.82) is 0 Å². The highest BCUT2D eigenvalue weighted by Gasteiger charge is 2.21. The SMILES string of the molecule is COc1ccc2nc(Br)n(C3CCNC3)c2c1. The fourth-order valence-corrected chi connectivity index (χ4v) is 3.05. The number of halogens is 1. The Hall–Kier alpha value is -1.07. The lowest BCUT2D eigenvalue weighted by Gasteiger charge is -2.13. The van der Waals surface area contributed by atoms with E-state index in [-0.39, 0.29) is 0 Å². The van der Waals surface area contributed by atoms with E-state index in [9.17, 15) is 0 Å². The molecule has 1 N–H and O–H groups in total. The van der Waals surface area contributed by atoms with Crippen molar-refractivity contribution in [3.05, 3.63) is 22.9 Å². The monoisotopic (exact) mass is 295 g/mol. The van der Waals surface area contributed by atoms with Crippen LogP contribution < -0.4 is 10.1 Å². The zero-order chi connectivity index (χ0) is 11.8. The lowest BCUT2D eigenvalue weighted by molar-refractivity contribution is 0.415. The second-order valence-corrected chi connectivity index (χ2v) is 4.96. The second-order valence-electron chi connectivity index (χ2n) is 4.25. The molecule has 0 amide bonds. The maximum absolute atomic E-state index is 5.28. The number of ether oxygens (including phenoxy) is 1. The van der Waals surface area contributed by atoms with Crippen LogP contribution in [-0.2, 0) is 0 Å². The molecule has 4 nitrogen and oxygen atoms in total. The van der Waals surface area contributed by atoms with Gasteiger partial charge in [0.15, 0.2) is 4.73 Å². The molecule has 1 unspecified atom stereocenters. The summed E-state index contributed by atoms with van der Waals surface area (Å²) in [4.78, 5) is 4.53. The van der Waals surface area contributed by atoms with Gasteiger partial charge >= 0.3 is 0 Å². The molecule has 3 rings (SSSR count). The van der Waals surface area contributed by atoms with Gasteiger partial charge in [-0.15, -0.1) is 0 Å². The number of benzene rings is 1. The van der Waals surface area contributed by atoms with Gasteiger partial charge in [0.25, 0.3) is 0 Å². The van der Waals surface area contributed by atoms with Crippen molar-refractivity contribution < 1.29 is 4.74 Å². The molecule has 0 spiro atoms. The highest BCUT2D eigenvalue weighted by atomic mass is 79.9. The normalized spacial score (nSPS) is 20.0. The molecule has 2 heterocycles. The van der Waals surface area contributed by atoms with Gasteiger partial charge in [-0.05, 0) is 41.0 Å². The van der Waals surface area contributed by atoms with Gasteiger partial charge in [0.05, 0.1) is 18.1 Å². The Morgan fingerprint density at radius 2 is 2.41 bits per heavy atom. The molecule has 0 aliphatic carbocycles. The summed E-state index contributed by atoms with van der Waals surface area (Å²) in [5.74, 6) is 0.872. The molecule has 0 saturated carbocycles. The summed E-state index contributed by atoms with van der Waals surface area (Å²) in [7, 11) is 1.69. The van der Waals surface area contributed by atoms with Crippen LogP contribution >= 0.6 is 15.9 Å². The van der Waals surface area contributed by atoms with Crippen LogP contribution in [0.25, 0.3) is 11.0 Å². The second kappa shape index (κ2) is 4.31. The van der Waals surface area contributed by atoms with Crippen LogP contribution in [0.3, 0.4) is 0 Å². The number of aromatic nitrogens is 2. The molecule has 1 aliphatic rings. The molecular formula is C12H14BrN3O. The van der Waals surface area contributed by atoms with Crippen molar-refractivity contribution in [2.75, 3.05) is 20.2 Å². The minimum atomic E-state index is 0.474. The molecule has 1 fully saturated rings. The summed E-state index contributed by atoms with van der Waals surface area (Å²) in [6.45, 7) is 2.07. The van der Waals surface area contributed by atoms with E-state index in [1.807, 2.05) is 18.2 Å². The molecule has 17 heavy (non-hydrogen) atoms. The van der Waals surface area contributed by atoms with E-state index in [1.165, 1.54) is 0 Å². The van der Waals surface area contributed by atoms with E-state index < -0.39 is 0 Å². The Balaban J connectivity index is 2.17. The van der Waals surface area contributed by atoms with Crippen LogP contribution in [0.1, 0.15) is 12.5 Å². The van der Waals surface area contributed by atoms with Crippen LogP contribution in [0.5, 0.6) is 5.75 Å². The van der Waals surface area contributed by atoms with Crippen molar-refractivity contribution in [3.63, 3.8) is 0 Å². The molecule has 1 aromatic heterocycles. The van der Waals surface area contributed by atoms with Crippen molar-refractivity contribution in [3.8, 4) is 5.75 Å². The largest absolute Gasteiger partial charge is 0.497 e. The summed E-state index contributed by atoms with van der Waals surface area (Å²) >= 11 is 3.55. The number of imidazole rings is 1. The standard InChI is InChI=1S/C12H14BrN3O/c1-17-9-2-3-10-11(6-9)16(12(13)15-10)8-4-5-14-7-8/h2-3,6,8,14H,4-5,7H2,1H3. The summed E-state index contributed by atoms with van der Waals surface area (Å²) in [6, 6.07) is 6.46. The van der Waals surface area contributed by atoms with E-state index in [1.54, 1.807) is 7.11 Å². The zero-order valence-corrected chi connectivity index (χ0v) is 11.2. The average Bonchev–Trinajstić information content (AvgIpc) is 2.93. The highest BCUT2D eigenvalue weighted by Crippen LogP contribution is 2.30. The van der Waals surface area contributed by atoms with Gasteiger partial charge in [0.2, 0.25) is 0 Å². The van der Waals surface area contributed by atoms with Crippen LogP contribution in [0.4, 0.5) is 0 Å². The lowest BCUT2D eigenvalue weighted by atomic mass is 10.2. The minimum absolute atomic E-state index is 0.474. The molecular weight excluding hydrogens is 282 g/mol. The third kappa shape index (κ3) is 1.83. The number of fused-ring (bicyclic) bond motifs is 1. The van der Waals surface area contributed by atoms with Crippen LogP contribution in [-0.4, -0.2) is 29.8 Å². The fourth-order valence-electron chi connectivity index (χ4n) is 2.38. The van der Waals surface area contributed by atoms with Crippen LogP contribution in [0, 0.1) is 0 Å². The van der Waals surface area contributed by atoms with Crippen LogP contribution in [0.15, 0.2) is 22.9 Å². The molecule has 1 aromatic carbocycles. The van der Waals surface area contributed by atoms with Crippen molar-refractivity contribution in [2.24, 2.45) is 0 Å². The van der Waals surface area contributed by atoms with E-state index in [0.717, 1.165) is 41.0 Å². The fraction of sp³-hybridized carbons (Fsp3) is 0.417. The number of nitrogens with one attached hydrogen (secondary N) is 1. The average molecular weight is 296 g/mol. The summed E-state index contributed by atoms with van der Waals surface area (Å²) in [5.41, 5.74) is 2.13. The third-order valence-electron chi connectivity index (χ3n) is 3.25. The third-order valence-corrected chi connectivity index (χ3v) is 3.81. The van der Waals surface area contributed by atoms with Gasteiger partial charge in [-0.1, -0.05) is 0 Å². The van der Waals surface area contributed by atoms with Crippen LogP contribution in [0.2, 0.25) is 0 Å². The number of nitrogens with zero attached hydrogens (tertiary/aromatic N) is 2. The quantitative estimate of drug-likeness (QED) is 0.924. The first-order valence-corrected chi connectivity index (χ1v) is 6.51. The topological polar surface area (TPSA) is 39.1 Å². The molecule has 0 bridgehead atoms. The summed E-state index contributed by atoms with van der Waals surface area (Å²) in [5, 5.41) is 3.38. The van der Waals surface area contributed by atoms with Gasteiger partial charge in [0.1, 0.15) is 5.75 Å². The molecule has 90 valence electrons. The lowest BCUT2D eigenvalue weighted by Crippen LogP contribution is -2.13. The molecule has 2 aromatic rings. The number of hydrogen-bond donors (Lipinski definition) is 1. The van der Waals surface area contributed by atoms with Crippen molar-refractivity contribution >= 4 is 27.0 Å². The number of methoxy groups -OCH3 is 1. The maximum Gasteiger partial charge on any atom is 0.178 e. The number of hydrogen-bond acceptors (Lipinski definition) is 3. The van der Waals surface area contributed by atoms with Gasteiger partial charge in [-0.25, -0.2) is 4.98 Å². The van der Waals surface area contributed by atoms with E-state index in [0.29, 0.717) is 6.04 Å². The minimum Gasteiger partial charge on any atom is -0.497 e. The van der Waals surface area contributed by atoms with Crippen molar-refractivity contribution in [2.45, 2.75) is 12.5 Å². The highest BCUT2D eigenvalue weighted by molar-refractivity contribution is 9.10. The number of rotatable bonds is 2. The Kier molecular flexibility index (Phi) is 2.80. The van der Waals surface area contributed by atoms with Gasteiger partial charge in [-0.3, -0.25) is 0 Å². The first kappa shape index (κ1) is 11.0. The predicted molar refractivity (Wildman–Crippen MR) is 70.5 cm³/mol. The Labute approximate surface area is 108 Å². The summed E-state index contributed by atoms with van der Waals surface area (Å²) < 4.78 is 8.42. The Morgan fingerprint density at radius 3 is 3.12 bits per heavy atom. The van der Waals surface area contributed by atoms with E-state index >= 15 is 0 Å². The molecule has 5 heteroatoms. The van der Waals surface area contributed by atoms with E-state index in [4.69, 9.17) is 4.74 Å². The van der Waals surface area contributed by atoms with E-state index in [2.05, 4.69) is 30.8 Å². The first-order chi connectivity index (χ1) is 8.29.